The maximum atomic E-state index is 13.0. The first-order valence-corrected chi connectivity index (χ1v) is 6.20. The number of hydrogen-bond donors (Lipinski definition) is 2. The summed E-state index contributed by atoms with van der Waals surface area (Å²) in [5.41, 5.74) is -0.0413. The predicted octanol–water partition coefficient (Wildman–Crippen LogP) is 1.86. The fourth-order valence-corrected chi connectivity index (χ4v) is 2.37. The summed E-state index contributed by atoms with van der Waals surface area (Å²) in [6, 6.07) is 0.779. The van der Waals surface area contributed by atoms with E-state index in [-0.39, 0.29) is 16.8 Å². The number of nitrogens with zero attached hydrogens (tertiary/aromatic N) is 1. The molecule has 1 aromatic rings. The highest BCUT2D eigenvalue weighted by Gasteiger charge is 2.31. The minimum Gasteiger partial charge on any atom is -0.481 e. The fraction of sp³-hybridized carbons (Fsp3) is 0.417. The zero-order valence-corrected chi connectivity index (χ0v) is 10.7. The number of carboxylic acids is 1. The molecule has 1 aromatic heterocycles. The molecule has 1 aliphatic rings. The number of nitrogens with one attached hydrogen (secondary N) is 1. The molecule has 0 radical (unpaired) electrons. The van der Waals surface area contributed by atoms with Crippen LogP contribution in [0.15, 0.2) is 12.3 Å². The van der Waals surface area contributed by atoms with Crippen LogP contribution in [0.2, 0.25) is 5.15 Å². The molecule has 1 aliphatic carbocycles. The van der Waals surface area contributed by atoms with E-state index in [1.54, 1.807) is 0 Å². The van der Waals surface area contributed by atoms with Crippen molar-refractivity contribution < 1.29 is 19.1 Å². The van der Waals surface area contributed by atoms with Crippen molar-refractivity contribution in [3.05, 3.63) is 28.8 Å². The molecule has 0 bridgehead atoms. The molecule has 7 heteroatoms. The highest BCUT2D eigenvalue weighted by molar-refractivity contribution is 6.32. The molecule has 2 rings (SSSR count). The number of halogens is 2. The number of aromatic nitrogens is 1. The Balaban J connectivity index is 2.02. The van der Waals surface area contributed by atoms with Crippen molar-refractivity contribution in [1.29, 1.82) is 0 Å². The molecule has 2 atom stereocenters. The molecule has 19 heavy (non-hydrogen) atoms. The standard InChI is InChI=1S/C12H12ClFN2O3/c13-10-9(4-7(14)5-15-10)11(17)16-8-2-1-6(3-8)12(18)19/h4-6,8H,1-3H2,(H,16,17)(H,18,19)/t6-,8+/m1/s1. The van der Waals surface area contributed by atoms with Crippen molar-refractivity contribution in [2.45, 2.75) is 25.3 Å². The van der Waals surface area contributed by atoms with Crippen molar-refractivity contribution in [3.63, 3.8) is 0 Å². The third-order valence-corrected chi connectivity index (χ3v) is 3.47. The Kier molecular flexibility index (Phi) is 3.99. The summed E-state index contributed by atoms with van der Waals surface area (Å²) in [4.78, 5) is 26.3. The van der Waals surface area contributed by atoms with E-state index in [4.69, 9.17) is 16.7 Å². The Bertz CT molecular complexity index is 524. The topological polar surface area (TPSA) is 79.3 Å². The van der Waals surface area contributed by atoms with Crippen LogP contribution in [0.4, 0.5) is 4.39 Å². The van der Waals surface area contributed by atoms with Crippen LogP contribution in [0.25, 0.3) is 0 Å². The van der Waals surface area contributed by atoms with Crippen LogP contribution in [0.3, 0.4) is 0 Å². The first kappa shape index (κ1) is 13.7. The summed E-state index contributed by atoms with van der Waals surface area (Å²) in [5, 5.41) is 11.4. The first-order valence-electron chi connectivity index (χ1n) is 5.82. The minimum absolute atomic E-state index is 0.0413. The van der Waals surface area contributed by atoms with Crippen LogP contribution in [0.1, 0.15) is 29.6 Å². The van der Waals surface area contributed by atoms with Crippen molar-refractivity contribution >= 4 is 23.5 Å². The maximum absolute atomic E-state index is 13.0. The van der Waals surface area contributed by atoms with E-state index in [1.807, 2.05) is 0 Å². The zero-order chi connectivity index (χ0) is 14.0. The molecule has 0 aromatic carbocycles. The van der Waals surface area contributed by atoms with Gasteiger partial charge in [0.15, 0.2) is 0 Å². The van der Waals surface area contributed by atoms with E-state index in [0.717, 1.165) is 12.3 Å². The van der Waals surface area contributed by atoms with Crippen LogP contribution in [-0.2, 0) is 4.79 Å². The minimum atomic E-state index is -0.859. The van der Waals surface area contributed by atoms with Gasteiger partial charge in [0.1, 0.15) is 11.0 Å². The quantitative estimate of drug-likeness (QED) is 0.831. The highest BCUT2D eigenvalue weighted by Crippen LogP contribution is 2.26. The van der Waals surface area contributed by atoms with Crippen molar-refractivity contribution in [2.24, 2.45) is 5.92 Å². The number of rotatable bonds is 3. The van der Waals surface area contributed by atoms with E-state index in [0.29, 0.717) is 19.3 Å². The number of aliphatic carboxylic acids is 1. The molecular formula is C12H12ClFN2O3. The van der Waals surface area contributed by atoms with Gasteiger partial charge in [0, 0.05) is 6.04 Å². The number of carbonyl (C=O) groups is 2. The monoisotopic (exact) mass is 286 g/mol. The molecule has 2 N–H and O–H groups in total. The van der Waals surface area contributed by atoms with E-state index < -0.39 is 23.6 Å². The molecule has 0 spiro atoms. The summed E-state index contributed by atoms with van der Waals surface area (Å²) in [6.07, 6.45) is 2.41. The largest absolute Gasteiger partial charge is 0.481 e. The van der Waals surface area contributed by atoms with Gasteiger partial charge in [0.2, 0.25) is 0 Å². The second-order valence-corrected chi connectivity index (χ2v) is 4.87. The fourth-order valence-electron chi connectivity index (χ4n) is 2.18. The van der Waals surface area contributed by atoms with Crippen LogP contribution in [0.5, 0.6) is 0 Å². The second-order valence-electron chi connectivity index (χ2n) is 4.51. The average molecular weight is 287 g/mol. The lowest BCUT2D eigenvalue weighted by atomic mass is 10.1. The van der Waals surface area contributed by atoms with Crippen LogP contribution in [0, 0.1) is 11.7 Å². The Morgan fingerprint density at radius 3 is 2.84 bits per heavy atom. The van der Waals surface area contributed by atoms with Gasteiger partial charge in [-0.15, -0.1) is 0 Å². The summed E-state index contributed by atoms with van der Waals surface area (Å²) in [5.74, 6) is -2.48. The highest BCUT2D eigenvalue weighted by atomic mass is 35.5. The molecular weight excluding hydrogens is 275 g/mol. The number of amides is 1. The Morgan fingerprint density at radius 1 is 1.47 bits per heavy atom. The molecule has 0 unspecified atom stereocenters. The van der Waals surface area contributed by atoms with Crippen molar-refractivity contribution in [2.75, 3.05) is 0 Å². The summed E-state index contributed by atoms with van der Waals surface area (Å²) < 4.78 is 13.0. The Morgan fingerprint density at radius 2 is 2.21 bits per heavy atom. The van der Waals surface area contributed by atoms with Crippen molar-refractivity contribution in [1.82, 2.24) is 10.3 Å². The third kappa shape index (κ3) is 3.20. The number of carbonyl (C=O) groups excluding carboxylic acids is 1. The molecule has 1 heterocycles. The van der Waals surface area contributed by atoms with E-state index >= 15 is 0 Å². The molecule has 0 saturated heterocycles. The second kappa shape index (κ2) is 5.52. The molecule has 1 amide bonds. The van der Waals surface area contributed by atoms with Crippen LogP contribution in [-0.4, -0.2) is 28.0 Å². The molecule has 1 saturated carbocycles. The van der Waals surface area contributed by atoms with Gasteiger partial charge in [-0.25, -0.2) is 9.37 Å². The van der Waals surface area contributed by atoms with Gasteiger partial charge in [-0.1, -0.05) is 11.6 Å². The zero-order valence-electron chi connectivity index (χ0n) is 9.90. The summed E-state index contributed by atoms with van der Waals surface area (Å²) >= 11 is 5.72. The average Bonchev–Trinajstić information content (AvgIpc) is 2.80. The Labute approximate surface area is 113 Å². The van der Waals surface area contributed by atoms with E-state index in [2.05, 4.69) is 10.3 Å². The molecule has 1 fully saturated rings. The van der Waals surface area contributed by atoms with Crippen LogP contribution >= 0.6 is 11.6 Å². The first-order chi connectivity index (χ1) is 8.97. The van der Waals surface area contributed by atoms with Gasteiger partial charge in [0.05, 0.1) is 17.7 Å². The maximum Gasteiger partial charge on any atom is 0.306 e. The lowest BCUT2D eigenvalue weighted by Gasteiger charge is -2.12. The molecule has 102 valence electrons. The third-order valence-electron chi connectivity index (χ3n) is 3.17. The van der Waals surface area contributed by atoms with Gasteiger partial charge in [-0.2, -0.15) is 0 Å². The molecule has 0 aliphatic heterocycles. The summed E-state index contributed by atoms with van der Waals surface area (Å²) in [7, 11) is 0. The number of carboxylic acid groups (broad SMARTS) is 1. The predicted molar refractivity (Wildman–Crippen MR) is 65.4 cm³/mol. The van der Waals surface area contributed by atoms with Gasteiger partial charge in [-0.05, 0) is 25.3 Å². The smallest absolute Gasteiger partial charge is 0.306 e. The van der Waals surface area contributed by atoms with Crippen LogP contribution < -0.4 is 5.32 Å². The summed E-state index contributed by atoms with van der Waals surface area (Å²) in [6.45, 7) is 0. The van der Waals surface area contributed by atoms with Gasteiger partial charge in [-0.3, -0.25) is 9.59 Å². The van der Waals surface area contributed by atoms with E-state index in [9.17, 15) is 14.0 Å². The SMILES string of the molecule is O=C(N[C@H]1CC[C@@H](C(=O)O)C1)c1cc(F)cnc1Cl. The normalized spacial score (nSPS) is 22.2. The van der Waals surface area contributed by atoms with Crippen molar-refractivity contribution in [3.8, 4) is 0 Å². The lowest BCUT2D eigenvalue weighted by molar-refractivity contribution is -0.141. The Hall–Kier alpha value is -1.69. The molecule has 5 nitrogen and oxygen atoms in total. The van der Waals surface area contributed by atoms with Gasteiger partial charge < -0.3 is 10.4 Å². The number of hydrogen-bond acceptors (Lipinski definition) is 3. The van der Waals surface area contributed by atoms with Gasteiger partial charge >= 0.3 is 5.97 Å². The van der Waals surface area contributed by atoms with Gasteiger partial charge in [0.25, 0.3) is 5.91 Å². The number of pyridine rings is 1. The van der Waals surface area contributed by atoms with E-state index in [1.165, 1.54) is 0 Å². The lowest BCUT2D eigenvalue weighted by Crippen LogP contribution is -2.33.